The third-order valence-electron chi connectivity index (χ3n) is 4.34. The zero-order valence-corrected chi connectivity index (χ0v) is 13.2. The topological polar surface area (TPSA) is 25.8 Å². The van der Waals surface area contributed by atoms with Crippen molar-refractivity contribution in [1.82, 2.24) is 9.97 Å². The molecular weight excluding hydrogens is 292 g/mol. The Hall–Kier alpha value is -3.26. The lowest BCUT2D eigenvalue weighted by molar-refractivity contribution is 1.23. The van der Waals surface area contributed by atoms with Crippen LogP contribution >= 0.6 is 0 Å². The fraction of sp³-hybridized carbons (Fsp3) is 0. The van der Waals surface area contributed by atoms with Crippen molar-refractivity contribution < 1.29 is 0 Å². The smallest absolute Gasteiger partial charge is 0.116 e. The standard InChI is InChI=1S/C22H16N2/c1-3-15-9-10-16-11-12-17(13-20(16)18(15)4-2)22-19-7-5-6-8-21(19)23-14-24-22/h3-14H,1-2H2. The lowest BCUT2D eigenvalue weighted by atomic mass is 9.95. The minimum absolute atomic E-state index is 0.946. The fourth-order valence-corrected chi connectivity index (χ4v) is 3.15. The van der Waals surface area contributed by atoms with E-state index in [2.05, 4.69) is 59.5 Å². The Kier molecular flexibility index (Phi) is 3.43. The average Bonchev–Trinajstić information content (AvgIpc) is 2.66. The Morgan fingerprint density at radius 1 is 0.792 bits per heavy atom. The van der Waals surface area contributed by atoms with Gasteiger partial charge in [0.1, 0.15) is 6.33 Å². The molecule has 0 saturated heterocycles. The SMILES string of the molecule is C=Cc1ccc2ccc(-c3ncnc4ccccc34)cc2c1C=C. The normalized spacial score (nSPS) is 10.8. The molecule has 0 unspecified atom stereocenters. The minimum Gasteiger partial charge on any atom is -0.236 e. The van der Waals surface area contributed by atoms with Crippen LogP contribution in [0.4, 0.5) is 0 Å². The number of fused-ring (bicyclic) bond motifs is 2. The summed E-state index contributed by atoms with van der Waals surface area (Å²) >= 11 is 0. The Balaban J connectivity index is 2.03. The Morgan fingerprint density at radius 2 is 1.62 bits per heavy atom. The van der Waals surface area contributed by atoms with E-state index in [1.54, 1.807) is 6.33 Å². The van der Waals surface area contributed by atoms with Crippen LogP contribution in [-0.2, 0) is 0 Å². The van der Waals surface area contributed by atoms with Crippen molar-refractivity contribution in [1.29, 1.82) is 0 Å². The Labute approximate surface area is 140 Å². The molecule has 0 amide bonds. The van der Waals surface area contributed by atoms with Crippen molar-refractivity contribution in [2.75, 3.05) is 0 Å². The maximum Gasteiger partial charge on any atom is 0.116 e. The molecule has 0 radical (unpaired) electrons. The Morgan fingerprint density at radius 3 is 2.46 bits per heavy atom. The van der Waals surface area contributed by atoms with Crippen LogP contribution in [0.15, 0.2) is 74.1 Å². The largest absolute Gasteiger partial charge is 0.236 e. The minimum atomic E-state index is 0.946. The van der Waals surface area contributed by atoms with E-state index in [0.29, 0.717) is 0 Å². The van der Waals surface area contributed by atoms with E-state index >= 15 is 0 Å². The van der Waals surface area contributed by atoms with Gasteiger partial charge in [0.15, 0.2) is 0 Å². The second-order valence-electron chi connectivity index (χ2n) is 5.65. The molecule has 0 aliphatic carbocycles. The summed E-state index contributed by atoms with van der Waals surface area (Å²) in [5, 5.41) is 3.39. The monoisotopic (exact) mass is 308 g/mol. The third-order valence-corrected chi connectivity index (χ3v) is 4.34. The van der Waals surface area contributed by atoms with Crippen molar-refractivity contribution in [2.24, 2.45) is 0 Å². The summed E-state index contributed by atoms with van der Waals surface area (Å²) in [7, 11) is 0. The first-order valence-corrected chi connectivity index (χ1v) is 7.83. The van der Waals surface area contributed by atoms with E-state index in [0.717, 1.165) is 38.7 Å². The Bertz CT molecular complexity index is 1090. The molecule has 114 valence electrons. The van der Waals surface area contributed by atoms with Crippen molar-refractivity contribution >= 4 is 33.8 Å². The molecule has 3 aromatic carbocycles. The molecule has 0 saturated carbocycles. The first kappa shape index (κ1) is 14.3. The number of nitrogens with zero attached hydrogens (tertiary/aromatic N) is 2. The lowest BCUT2D eigenvalue weighted by Crippen LogP contribution is -1.90. The van der Waals surface area contributed by atoms with Gasteiger partial charge in [0.25, 0.3) is 0 Å². The highest BCUT2D eigenvalue weighted by atomic mass is 14.8. The molecule has 0 spiro atoms. The predicted octanol–water partition coefficient (Wildman–Crippen LogP) is 5.74. The first-order valence-electron chi connectivity index (χ1n) is 7.83. The van der Waals surface area contributed by atoms with Crippen molar-refractivity contribution in [3.63, 3.8) is 0 Å². The third kappa shape index (κ3) is 2.20. The van der Waals surface area contributed by atoms with Gasteiger partial charge in [0, 0.05) is 10.9 Å². The van der Waals surface area contributed by atoms with Gasteiger partial charge in [-0.05, 0) is 34.0 Å². The van der Waals surface area contributed by atoms with Gasteiger partial charge in [-0.2, -0.15) is 0 Å². The molecule has 0 fully saturated rings. The van der Waals surface area contributed by atoms with Gasteiger partial charge in [0.2, 0.25) is 0 Å². The van der Waals surface area contributed by atoms with Crippen molar-refractivity contribution in [3.8, 4) is 11.3 Å². The molecule has 4 rings (SSSR count). The highest BCUT2D eigenvalue weighted by Gasteiger charge is 2.09. The molecule has 1 heterocycles. The maximum atomic E-state index is 4.52. The van der Waals surface area contributed by atoms with E-state index in [1.165, 1.54) is 5.39 Å². The molecule has 0 atom stereocenters. The highest BCUT2D eigenvalue weighted by molar-refractivity contribution is 5.99. The summed E-state index contributed by atoms with van der Waals surface area (Å²) in [4.78, 5) is 8.88. The van der Waals surface area contributed by atoms with Crippen molar-refractivity contribution in [2.45, 2.75) is 0 Å². The van der Waals surface area contributed by atoms with Gasteiger partial charge in [0.05, 0.1) is 11.2 Å². The van der Waals surface area contributed by atoms with Gasteiger partial charge >= 0.3 is 0 Å². The van der Waals surface area contributed by atoms with Crippen LogP contribution in [-0.4, -0.2) is 9.97 Å². The summed E-state index contributed by atoms with van der Waals surface area (Å²) < 4.78 is 0. The summed E-state index contributed by atoms with van der Waals surface area (Å²) in [6, 6.07) is 18.7. The van der Waals surface area contributed by atoms with Crippen LogP contribution in [0.2, 0.25) is 0 Å². The second kappa shape index (κ2) is 5.74. The van der Waals surface area contributed by atoms with Gasteiger partial charge in [-0.3, -0.25) is 0 Å². The fourth-order valence-electron chi connectivity index (χ4n) is 3.15. The lowest BCUT2D eigenvalue weighted by Gasteiger charge is -2.10. The number of aromatic nitrogens is 2. The molecule has 24 heavy (non-hydrogen) atoms. The van der Waals surface area contributed by atoms with E-state index in [-0.39, 0.29) is 0 Å². The average molecular weight is 308 g/mol. The highest BCUT2D eigenvalue weighted by Crippen LogP contribution is 2.31. The van der Waals surface area contributed by atoms with Crippen LogP contribution in [0.5, 0.6) is 0 Å². The zero-order valence-electron chi connectivity index (χ0n) is 13.2. The number of benzene rings is 3. The maximum absolute atomic E-state index is 4.52. The molecule has 1 aromatic heterocycles. The molecule has 0 bridgehead atoms. The summed E-state index contributed by atoms with van der Waals surface area (Å²) in [5.74, 6) is 0. The number of rotatable bonds is 3. The summed E-state index contributed by atoms with van der Waals surface area (Å²) in [6.45, 7) is 7.87. The second-order valence-corrected chi connectivity index (χ2v) is 5.65. The molecule has 2 heteroatoms. The van der Waals surface area contributed by atoms with E-state index in [9.17, 15) is 0 Å². The zero-order chi connectivity index (χ0) is 16.5. The molecule has 0 N–H and O–H groups in total. The van der Waals surface area contributed by atoms with Gasteiger partial charge in [-0.25, -0.2) is 9.97 Å². The number of hydrogen-bond donors (Lipinski definition) is 0. The van der Waals surface area contributed by atoms with E-state index in [1.807, 2.05) is 30.4 Å². The van der Waals surface area contributed by atoms with Crippen LogP contribution in [0, 0.1) is 0 Å². The van der Waals surface area contributed by atoms with Crippen LogP contribution in [0.1, 0.15) is 11.1 Å². The molecule has 0 aliphatic rings. The van der Waals surface area contributed by atoms with E-state index < -0.39 is 0 Å². The molecule has 4 aromatic rings. The van der Waals surface area contributed by atoms with Gasteiger partial charge < -0.3 is 0 Å². The molecular formula is C22H16N2. The van der Waals surface area contributed by atoms with Crippen LogP contribution < -0.4 is 0 Å². The number of para-hydroxylation sites is 1. The molecule has 0 aliphatic heterocycles. The number of hydrogen-bond acceptors (Lipinski definition) is 2. The van der Waals surface area contributed by atoms with Crippen molar-refractivity contribution in [3.05, 3.63) is 85.2 Å². The summed E-state index contributed by atoms with van der Waals surface area (Å²) in [6.07, 6.45) is 5.38. The van der Waals surface area contributed by atoms with Gasteiger partial charge in [-0.1, -0.05) is 67.8 Å². The van der Waals surface area contributed by atoms with E-state index in [4.69, 9.17) is 0 Å². The van der Waals surface area contributed by atoms with Gasteiger partial charge in [-0.15, -0.1) is 0 Å². The molecule has 2 nitrogen and oxygen atoms in total. The van der Waals surface area contributed by atoms with Crippen LogP contribution in [0.25, 0.3) is 45.1 Å². The first-order chi connectivity index (χ1) is 11.8. The van der Waals surface area contributed by atoms with Crippen LogP contribution in [0.3, 0.4) is 0 Å². The predicted molar refractivity (Wildman–Crippen MR) is 103 cm³/mol. The quantitative estimate of drug-likeness (QED) is 0.482. The summed E-state index contributed by atoms with van der Waals surface area (Å²) in [5.41, 5.74) is 5.16.